The monoisotopic (exact) mass is 344 g/mol. The molecule has 0 aliphatic rings. The number of unbranched alkanes of at least 4 members (excludes halogenated alkanes) is 1. The number of thiazole rings is 1. The Labute approximate surface area is 137 Å². The molecule has 7 heteroatoms. The Hall–Kier alpha value is -1.30. The summed E-state index contributed by atoms with van der Waals surface area (Å²) in [7, 11) is 0. The van der Waals surface area contributed by atoms with Gasteiger partial charge < -0.3 is 4.74 Å². The summed E-state index contributed by atoms with van der Waals surface area (Å²) in [5.74, 6) is 0. The van der Waals surface area contributed by atoms with E-state index in [-0.39, 0.29) is 0 Å². The van der Waals surface area contributed by atoms with Crippen molar-refractivity contribution < 1.29 is 9.53 Å². The largest absolute Gasteiger partial charge is 0.449 e. The van der Waals surface area contributed by atoms with Crippen LogP contribution in [0.2, 0.25) is 10.0 Å². The van der Waals surface area contributed by atoms with Gasteiger partial charge in [-0.05, 0) is 24.6 Å². The smallest absolute Gasteiger partial charge is 0.413 e. The minimum Gasteiger partial charge on any atom is -0.449 e. The van der Waals surface area contributed by atoms with E-state index in [2.05, 4.69) is 10.3 Å². The molecule has 0 fully saturated rings. The van der Waals surface area contributed by atoms with Crippen LogP contribution in [0.4, 0.5) is 9.93 Å². The average molecular weight is 345 g/mol. The van der Waals surface area contributed by atoms with Crippen LogP contribution in [-0.2, 0) is 4.74 Å². The van der Waals surface area contributed by atoms with Crippen LogP contribution in [0, 0.1) is 0 Å². The van der Waals surface area contributed by atoms with Crippen molar-refractivity contribution in [3.63, 3.8) is 0 Å². The molecule has 0 saturated carbocycles. The lowest BCUT2D eigenvalue weighted by atomic mass is 10.2. The van der Waals surface area contributed by atoms with E-state index in [0.717, 1.165) is 18.4 Å². The first-order valence-electron chi connectivity index (χ1n) is 6.45. The van der Waals surface area contributed by atoms with Crippen molar-refractivity contribution in [3.05, 3.63) is 33.6 Å². The molecule has 0 unspecified atom stereocenters. The van der Waals surface area contributed by atoms with Crippen LogP contribution >= 0.6 is 34.5 Å². The highest BCUT2D eigenvalue weighted by atomic mass is 35.5. The molecule has 112 valence electrons. The van der Waals surface area contributed by atoms with E-state index in [0.29, 0.717) is 27.5 Å². The van der Waals surface area contributed by atoms with Gasteiger partial charge in [-0.15, -0.1) is 11.3 Å². The van der Waals surface area contributed by atoms with Gasteiger partial charge in [0, 0.05) is 16.0 Å². The van der Waals surface area contributed by atoms with Gasteiger partial charge in [-0.1, -0.05) is 36.5 Å². The number of carbonyl (C=O) groups is 1. The number of halogens is 2. The third-order valence-corrected chi connectivity index (χ3v) is 3.96. The van der Waals surface area contributed by atoms with Crippen molar-refractivity contribution >= 4 is 45.8 Å². The van der Waals surface area contributed by atoms with Crippen molar-refractivity contribution in [3.8, 4) is 11.3 Å². The van der Waals surface area contributed by atoms with Gasteiger partial charge in [0.15, 0.2) is 5.13 Å². The van der Waals surface area contributed by atoms with Crippen LogP contribution in [0.25, 0.3) is 11.3 Å². The van der Waals surface area contributed by atoms with E-state index in [4.69, 9.17) is 27.9 Å². The molecule has 1 N–H and O–H groups in total. The van der Waals surface area contributed by atoms with Crippen molar-refractivity contribution in [2.75, 3.05) is 11.9 Å². The molecular weight excluding hydrogens is 331 g/mol. The molecule has 0 atom stereocenters. The second-order valence-electron chi connectivity index (χ2n) is 4.28. The SMILES string of the molecule is CCCCOC(=O)Nc1nc(-c2ccc(Cl)cc2Cl)cs1. The number of benzene rings is 1. The number of nitrogens with one attached hydrogen (secondary N) is 1. The molecule has 1 amide bonds. The summed E-state index contributed by atoms with van der Waals surface area (Å²) < 4.78 is 5.01. The molecule has 4 nitrogen and oxygen atoms in total. The van der Waals surface area contributed by atoms with Gasteiger partial charge in [-0.25, -0.2) is 9.78 Å². The van der Waals surface area contributed by atoms with Gasteiger partial charge >= 0.3 is 6.09 Å². The fraction of sp³-hybridized carbons (Fsp3) is 0.286. The molecule has 2 aromatic rings. The summed E-state index contributed by atoms with van der Waals surface area (Å²) in [6, 6.07) is 5.20. The first kappa shape index (κ1) is 16.1. The minimum atomic E-state index is -0.494. The van der Waals surface area contributed by atoms with E-state index >= 15 is 0 Å². The third kappa shape index (κ3) is 4.59. The highest BCUT2D eigenvalue weighted by Crippen LogP contribution is 2.32. The minimum absolute atomic E-state index is 0.406. The lowest BCUT2D eigenvalue weighted by Crippen LogP contribution is -2.14. The number of nitrogens with zero attached hydrogens (tertiary/aromatic N) is 1. The zero-order chi connectivity index (χ0) is 15.2. The van der Waals surface area contributed by atoms with Crippen LogP contribution in [0.15, 0.2) is 23.6 Å². The molecule has 0 saturated heterocycles. The molecule has 0 aliphatic heterocycles. The van der Waals surface area contributed by atoms with E-state index < -0.39 is 6.09 Å². The maximum absolute atomic E-state index is 11.5. The first-order valence-corrected chi connectivity index (χ1v) is 8.08. The lowest BCUT2D eigenvalue weighted by molar-refractivity contribution is 0.160. The number of hydrogen-bond donors (Lipinski definition) is 1. The molecule has 2 rings (SSSR count). The van der Waals surface area contributed by atoms with Gasteiger partial charge in [-0.2, -0.15) is 0 Å². The number of hydrogen-bond acceptors (Lipinski definition) is 4. The lowest BCUT2D eigenvalue weighted by Gasteiger charge is -2.03. The Balaban J connectivity index is 2.02. The van der Waals surface area contributed by atoms with Gasteiger partial charge in [0.05, 0.1) is 17.3 Å². The number of carbonyl (C=O) groups excluding carboxylic acids is 1. The maximum Gasteiger partial charge on any atom is 0.413 e. The average Bonchev–Trinajstić information content (AvgIpc) is 2.87. The molecule has 0 aliphatic carbocycles. The van der Waals surface area contributed by atoms with Crippen molar-refractivity contribution in [2.24, 2.45) is 0 Å². The summed E-state index contributed by atoms with van der Waals surface area (Å²) in [5.41, 5.74) is 1.45. The molecule has 21 heavy (non-hydrogen) atoms. The second-order valence-corrected chi connectivity index (χ2v) is 5.98. The topological polar surface area (TPSA) is 51.2 Å². The van der Waals surface area contributed by atoms with Crippen molar-refractivity contribution in [1.29, 1.82) is 0 Å². The second kappa shape index (κ2) is 7.64. The van der Waals surface area contributed by atoms with Crippen molar-refractivity contribution in [2.45, 2.75) is 19.8 Å². The fourth-order valence-electron chi connectivity index (χ4n) is 1.58. The maximum atomic E-state index is 11.5. The Morgan fingerprint density at radius 3 is 2.95 bits per heavy atom. The van der Waals surface area contributed by atoms with Crippen LogP contribution in [-0.4, -0.2) is 17.7 Å². The predicted molar refractivity (Wildman–Crippen MR) is 87.4 cm³/mol. The normalized spacial score (nSPS) is 10.4. The highest BCUT2D eigenvalue weighted by Gasteiger charge is 2.11. The standard InChI is InChI=1S/C14H14Cl2N2O2S/c1-2-3-6-20-14(19)18-13-17-12(8-21-13)10-5-4-9(15)7-11(10)16/h4-5,7-8H,2-3,6H2,1H3,(H,17,18,19). The van der Waals surface area contributed by atoms with Crippen molar-refractivity contribution in [1.82, 2.24) is 4.98 Å². The molecule has 1 heterocycles. The van der Waals surface area contributed by atoms with Gasteiger partial charge in [0.1, 0.15) is 0 Å². The van der Waals surface area contributed by atoms with E-state index in [1.54, 1.807) is 18.2 Å². The summed E-state index contributed by atoms with van der Waals surface area (Å²) in [6.07, 6.45) is 1.33. The number of ether oxygens (including phenoxy) is 1. The van der Waals surface area contributed by atoms with E-state index in [1.165, 1.54) is 11.3 Å². The molecule has 0 spiro atoms. The highest BCUT2D eigenvalue weighted by molar-refractivity contribution is 7.14. The number of anilines is 1. The Kier molecular flexibility index (Phi) is 5.85. The van der Waals surface area contributed by atoms with Gasteiger partial charge in [0.25, 0.3) is 0 Å². The van der Waals surface area contributed by atoms with E-state index in [1.807, 2.05) is 12.3 Å². The quantitative estimate of drug-likeness (QED) is 0.732. The third-order valence-electron chi connectivity index (χ3n) is 2.65. The Bertz CT molecular complexity index is 631. The summed E-state index contributed by atoms with van der Waals surface area (Å²) >= 11 is 13.3. The van der Waals surface area contributed by atoms with Gasteiger partial charge in [0.2, 0.25) is 0 Å². The van der Waals surface area contributed by atoms with Crippen LogP contribution in [0.5, 0.6) is 0 Å². The Morgan fingerprint density at radius 1 is 1.43 bits per heavy atom. The number of amides is 1. The summed E-state index contributed by atoms with van der Waals surface area (Å²) in [6.45, 7) is 2.44. The zero-order valence-electron chi connectivity index (χ0n) is 11.4. The number of rotatable bonds is 5. The van der Waals surface area contributed by atoms with Gasteiger partial charge in [-0.3, -0.25) is 5.32 Å². The molecule has 1 aromatic carbocycles. The van der Waals surface area contributed by atoms with Crippen LogP contribution in [0.1, 0.15) is 19.8 Å². The van der Waals surface area contributed by atoms with Crippen LogP contribution in [0.3, 0.4) is 0 Å². The molecule has 1 aromatic heterocycles. The molecular formula is C14H14Cl2N2O2S. The van der Waals surface area contributed by atoms with E-state index in [9.17, 15) is 4.79 Å². The fourth-order valence-corrected chi connectivity index (χ4v) is 2.79. The number of aromatic nitrogens is 1. The Morgan fingerprint density at radius 2 is 2.24 bits per heavy atom. The van der Waals surface area contributed by atoms with Crippen LogP contribution < -0.4 is 5.32 Å². The molecule has 0 radical (unpaired) electrons. The zero-order valence-corrected chi connectivity index (χ0v) is 13.7. The summed E-state index contributed by atoms with van der Waals surface area (Å²) in [5, 5.41) is 5.97. The predicted octanol–water partition coefficient (Wildman–Crippen LogP) is 5.47. The molecule has 0 bridgehead atoms. The summed E-state index contributed by atoms with van der Waals surface area (Å²) in [4.78, 5) is 15.9. The first-order chi connectivity index (χ1) is 10.1.